The second-order valence-corrected chi connectivity index (χ2v) is 6.97. The van der Waals surface area contributed by atoms with Gasteiger partial charge >= 0.3 is 0 Å². The van der Waals surface area contributed by atoms with Crippen molar-refractivity contribution >= 4 is 9.84 Å². The zero-order chi connectivity index (χ0) is 12.0. The Hall–Kier alpha value is -0.350. The van der Waals surface area contributed by atoms with Gasteiger partial charge in [-0.15, -0.1) is 6.58 Å². The van der Waals surface area contributed by atoms with E-state index in [1.54, 1.807) is 6.92 Å². The van der Waals surface area contributed by atoms with Gasteiger partial charge in [0, 0.05) is 18.3 Å². The number of sulfone groups is 1. The Balaban J connectivity index is 2.24. The summed E-state index contributed by atoms with van der Waals surface area (Å²) in [6, 6.07) is 0.491. The number of allylic oxidation sites excluding steroid dienone is 1. The summed E-state index contributed by atoms with van der Waals surface area (Å²) < 4.78 is 22.6. The van der Waals surface area contributed by atoms with E-state index >= 15 is 0 Å². The van der Waals surface area contributed by atoms with Crippen molar-refractivity contribution in [3.05, 3.63) is 12.7 Å². The van der Waals surface area contributed by atoms with Gasteiger partial charge in [-0.2, -0.15) is 0 Å². The van der Waals surface area contributed by atoms with Gasteiger partial charge in [0.1, 0.15) is 0 Å². The Morgan fingerprint density at radius 2 is 2.19 bits per heavy atom. The van der Waals surface area contributed by atoms with Crippen LogP contribution >= 0.6 is 0 Å². The van der Waals surface area contributed by atoms with E-state index in [4.69, 9.17) is 0 Å². The van der Waals surface area contributed by atoms with Gasteiger partial charge in [0.15, 0.2) is 9.84 Å². The third-order valence-electron chi connectivity index (χ3n) is 3.13. The average molecular weight is 245 g/mol. The molecule has 0 aromatic rings. The first-order valence-corrected chi connectivity index (χ1v) is 7.96. The van der Waals surface area contributed by atoms with Gasteiger partial charge in [-0.3, -0.25) is 0 Å². The van der Waals surface area contributed by atoms with Crippen LogP contribution in [0.4, 0.5) is 0 Å². The number of nitrogens with one attached hydrogen (secondary N) is 1. The Bertz CT molecular complexity index is 307. The van der Waals surface area contributed by atoms with Crippen LogP contribution in [0.1, 0.15) is 32.6 Å². The molecular weight excluding hydrogens is 222 g/mol. The van der Waals surface area contributed by atoms with Crippen LogP contribution in [0, 0.1) is 5.92 Å². The van der Waals surface area contributed by atoms with Crippen LogP contribution in [-0.4, -0.2) is 32.5 Å². The third kappa shape index (κ3) is 5.12. The molecular formula is C12H23NO2S. The predicted octanol–water partition coefficient (Wildman–Crippen LogP) is 1.76. The minimum absolute atomic E-state index is 0.245. The molecule has 0 spiro atoms. The van der Waals surface area contributed by atoms with Crippen LogP contribution in [0.3, 0.4) is 0 Å². The molecule has 0 aliphatic heterocycles. The summed E-state index contributed by atoms with van der Waals surface area (Å²) in [5.74, 6) is 1.28. The molecule has 3 nitrogen and oxygen atoms in total. The molecule has 1 aliphatic rings. The van der Waals surface area contributed by atoms with Gasteiger partial charge < -0.3 is 5.32 Å². The summed E-state index contributed by atoms with van der Waals surface area (Å²) >= 11 is 0. The third-order valence-corrected chi connectivity index (χ3v) is 4.84. The van der Waals surface area contributed by atoms with E-state index in [2.05, 4.69) is 11.9 Å². The molecule has 94 valence electrons. The lowest BCUT2D eigenvalue weighted by Crippen LogP contribution is -2.35. The first-order valence-electron chi connectivity index (χ1n) is 6.13. The van der Waals surface area contributed by atoms with Crippen molar-refractivity contribution < 1.29 is 8.42 Å². The molecule has 1 saturated carbocycles. The van der Waals surface area contributed by atoms with E-state index in [-0.39, 0.29) is 11.5 Å². The fraction of sp³-hybridized carbons (Fsp3) is 0.833. The standard InChI is InChI=1S/C12H23NO2S/c1-3-5-6-12(11-7-8-11)13-9-10-16(14,15)4-2/h3,11-13H,1,4-10H2,2H3. The van der Waals surface area contributed by atoms with E-state index in [0.29, 0.717) is 12.6 Å². The molecule has 0 amide bonds. The van der Waals surface area contributed by atoms with Gasteiger partial charge in [0.05, 0.1) is 5.75 Å². The maximum Gasteiger partial charge on any atom is 0.151 e. The fourth-order valence-electron chi connectivity index (χ4n) is 1.84. The van der Waals surface area contributed by atoms with Crippen LogP contribution < -0.4 is 5.32 Å². The molecule has 0 aromatic heterocycles. The van der Waals surface area contributed by atoms with E-state index in [1.807, 2.05) is 6.08 Å². The van der Waals surface area contributed by atoms with Crippen molar-refractivity contribution in [3.63, 3.8) is 0 Å². The molecule has 0 heterocycles. The van der Waals surface area contributed by atoms with Crippen molar-refractivity contribution in [2.24, 2.45) is 5.92 Å². The monoisotopic (exact) mass is 245 g/mol. The second-order valence-electron chi connectivity index (χ2n) is 4.50. The van der Waals surface area contributed by atoms with Crippen molar-refractivity contribution in [3.8, 4) is 0 Å². The molecule has 4 heteroatoms. The predicted molar refractivity (Wildman–Crippen MR) is 68.3 cm³/mol. The molecule has 16 heavy (non-hydrogen) atoms. The molecule has 0 radical (unpaired) electrons. The van der Waals surface area contributed by atoms with Gasteiger partial charge in [-0.25, -0.2) is 8.42 Å². The fourth-order valence-corrected chi connectivity index (χ4v) is 2.56. The normalized spacial score (nSPS) is 18.3. The Morgan fingerprint density at radius 3 is 2.69 bits per heavy atom. The highest BCUT2D eigenvalue weighted by molar-refractivity contribution is 7.91. The zero-order valence-corrected chi connectivity index (χ0v) is 10.9. The summed E-state index contributed by atoms with van der Waals surface area (Å²) in [6.45, 7) is 6.01. The van der Waals surface area contributed by atoms with Gasteiger partial charge in [-0.1, -0.05) is 13.0 Å². The number of hydrogen-bond acceptors (Lipinski definition) is 3. The SMILES string of the molecule is C=CCCC(NCCS(=O)(=O)CC)C1CC1. The van der Waals surface area contributed by atoms with Crippen molar-refractivity contribution in [2.75, 3.05) is 18.1 Å². The molecule has 1 aliphatic carbocycles. The largest absolute Gasteiger partial charge is 0.313 e. The Morgan fingerprint density at radius 1 is 1.50 bits per heavy atom. The lowest BCUT2D eigenvalue weighted by molar-refractivity contribution is 0.448. The van der Waals surface area contributed by atoms with E-state index in [9.17, 15) is 8.42 Å². The first kappa shape index (κ1) is 13.7. The van der Waals surface area contributed by atoms with Gasteiger partial charge in [-0.05, 0) is 31.6 Å². The molecule has 1 atom stereocenters. The van der Waals surface area contributed by atoms with Crippen LogP contribution in [0.25, 0.3) is 0 Å². The highest BCUT2D eigenvalue weighted by Crippen LogP contribution is 2.34. The van der Waals surface area contributed by atoms with Crippen molar-refractivity contribution in [2.45, 2.75) is 38.6 Å². The van der Waals surface area contributed by atoms with E-state index in [0.717, 1.165) is 18.8 Å². The lowest BCUT2D eigenvalue weighted by atomic mass is 10.1. The van der Waals surface area contributed by atoms with Crippen LogP contribution in [0.15, 0.2) is 12.7 Å². The van der Waals surface area contributed by atoms with Crippen LogP contribution in [-0.2, 0) is 9.84 Å². The van der Waals surface area contributed by atoms with Gasteiger partial charge in [0.25, 0.3) is 0 Å². The first-order chi connectivity index (χ1) is 7.59. The van der Waals surface area contributed by atoms with E-state index in [1.165, 1.54) is 12.8 Å². The summed E-state index contributed by atoms with van der Waals surface area (Å²) in [4.78, 5) is 0. The summed E-state index contributed by atoms with van der Waals surface area (Å²) in [7, 11) is -2.82. The van der Waals surface area contributed by atoms with Crippen molar-refractivity contribution in [1.29, 1.82) is 0 Å². The number of hydrogen-bond donors (Lipinski definition) is 1. The molecule has 0 aromatic carbocycles. The molecule has 1 fully saturated rings. The maximum absolute atomic E-state index is 11.3. The minimum atomic E-state index is -2.82. The number of rotatable bonds is 9. The van der Waals surface area contributed by atoms with Crippen molar-refractivity contribution in [1.82, 2.24) is 5.32 Å². The smallest absolute Gasteiger partial charge is 0.151 e. The molecule has 0 saturated heterocycles. The highest BCUT2D eigenvalue weighted by Gasteiger charge is 2.30. The van der Waals surface area contributed by atoms with E-state index < -0.39 is 9.84 Å². The highest BCUT2D eigenvalue weighted by atomic mass is 32.2. The zero-order valence-electron chi connectivity index (χ0n) is 10.1. The maximum atomic E-state index is 11.3. The summed E-state index contributed by atoms with van der Waals surface area (Å²) in [5.41, 5.74) is 0. The summed E-state index contributed by atoms with van der Waals surface area (Å²) in [5, 5.41) is 3.38. The molecule has 0 bridgehead atoms. The van der Waals surface area contributed by atoms with Crippen LogP contribution in [0.2, 0.25) is 0 Å². The molecule has 1 N–H and O–H groups in total. The minimum Gasteiger partial charge on any atom is -0.313 e. The topological polar surface area (TPSA) is 46.2 Å². The second kappa shape index (κ2) is 6.40. The summed E-state index contributed by atoms with van der Waals surface area (Å²) in [6.07, 6.45) is 6.60. The quantitative estimate of drug-likeness (QED) is 0.630. The average Bonchev–Trinajstić information content (AvgIpc) is 3.07. The van der Waals surface area contributed by atoms with Crippen LogP contribution in [0.5, 0.6) is 0 Å². The molecule has 1 rings (SSSR count). The Labute approximate surface area is 99.2 Å². The lowest BCUT2D eigenvalue weighted by Gasteiger charge is -2.17. The van der Waals surface area contributed by atoms with Gasteiger partial charge in [0.2, 0.25) is 0 Å². The molecule has 1 unspecified atom stereocenters. The Kier molecular flexibility index (Phi) is 5.49.